The van der Waals surface area contributed by atoms with Gasteiger partial charge < -0.3 is 5.11 Å². The highest BCUT2D eigenvalue weighted by atomic mass is 35.5. The summed E-state index contributed by atoms with van der Waals surface area (Å²) in [6.45, 7) is 0. The fraction of sp³-hybridized carbons (Fsp3) is 0. The van der Waals surface area contributed by atoms with E-state index in [2.05, 4.69) is 4.98 Å². The summed E-state index contributed by atoms with van der Waals surface area (Å²) >= 11 is 17.4. The largest absolute Gasteiger partial charge is 0.478 e. The van der Waals surface area contributed by atoms with Gasteiger partial charge in [-0.1, -0.05) is 40.9 Å². The van der Waals surface area contributed by atoms with E-state index in [1.807, 2.05) is 0 Å². The van der Waals surface area contributed by atoms with Crippen LogP contribution in [0.3, 0.4) is 0 Å². The number of nitrogens with zero attached hydrogens (tertiary/aromatic N) is 1. The van der Waals surface area contributed by atoms with Crippen molar-refractivity contribution in [3.63, 3.8) is 0 Å². The molecule has 0 radical (unpaired) electrons. The molecule has 3 nitrogen and oxygen atoms in total. The third kappa shape index (κ3) is 2.58. The van der Waals surface area contributed by atoms with Crippen LogP contribution < -0.4 is 0 Å². The number of hydrogen-bond donors (Lipinski definition) is 1. The van der Waals surface area contributed by atoms with Crippen LogP contribution in [0.1, 0.15) is 10.4 Å². The molecule has 92 valence electrons. The number of halogens is 3. The van der Waals surface area contributed by atoms with Gasteiger partial charge in [-0.15, -0.1) is 0 Å². The summed E-state index contributed by atoms with van der Waals surface area (Å²) in [5.41, 5.74) is 1.12. The summed E-state index contributed by atoms with van der Waals surface area (Å²) in [6.07, 6.45) is 1.39. The summed E-state index contributed by atoms with van der Waals surface area (Å²) in [4.78, 5) is 15.0. The first-order valence-corrected chi connectivity index (χ1v) is 5.96. The molecule has 0 aliphatic heterocycles. The zero-order valence-electron chi connectivity index (χ0n) is 8.82. The summed E-state index contributed by atoms with van der Waals surface area (Å²) in [6, 6.07) is 6.15. The van der Waals surface area contributed by atoms with E-state index >= 15 is 0 Å². The van der Waals surface area contributed by atoms with Crippen molar-refractivity contribution in [3.8, 4) is 11.1 Å². The molecular weight excluding hydrogens is 296 g/mol. The van der Waals surface area contributed by atoms with E-state index in [4.69, 9.17) is 39.9 Å². The van der Waals surface area contributed by atoms with E-state index in [9.17, 15) is 4.79 Å². The van der Waals surface area contributed by atoms with Gasteiger partial charge in [0, 0.05) is 11.8 Å². The molecule has 1 aromatic carbocycles. The number of carboxylic acid groups (broad SMARTS) is 1. The van der Waals surface area contributed by atoms with Crippen LogP contribution in [0.5, 0.6) is 0 Å². The molecule has 6 heteroatoms. The zero-order chi connectivity index (χ0) is 13.3. The van der Waals surface area contributed by atoms with Gasteiger partial charge in [-0.3, -0.25) is 0 Å². The number of aromatic nitrogens is 1. The minimum Gasteiger partial charge on any atom is -0.478 e. The number of rotatable bonds is 2. The van der Waals surface area contributed by atoms with E-state index in [0.717, 1.165) is 0 Å². The van der Waals surface area contributed by atoms with E-state index in [0.29, 0.717) is 21.2 Å². The second-order valence-electron chi connectivity index (χ2n) is 3.49. The molecule has 0 saturated carbocycles. The first-order chi connectivity index (χ1) is 8.49. The predicted molar refractivity (Wildman–Crippen MR) is 71.7 cm³/mol. The van der Waals surface area contributed by atoms with E-state index in [-0.39, 0.29) is 10.7 Å². The minimum atomic E-state index is -1.08. The van der Waals surface area contributed by atoms with Crippen LogP contribution in [-0.2, 0) is 0 Å². The lowest BCUT2D eigenvalue weighted by Gasteiger charge is -2.07. The van der Waals surface area contributed by atoms with Gasteiger partial charge in [0.05, 0.1) is 15.6 Å². The second-order valence-corrected chi connectivity index (χ2v) is 4.69. The van der Waals surface area contributed by atoms with Gasteiger partial charge in [0.2, 0.25) is 0 Å². The highest BCUT2D eigenvalue weighted by Gasteiger charge is 2.14. The molecule has 0 atom stereocenters. The van der Waals surface area contributed by atoms with Gasteiger partial charge in [-0.2, -0.15) is 0 Å². The van der Waals surface area contributed by atoms with Crippen LogP contribution >= 0.6 is 34.8 Å². The monoisotopic (exact) mass is 301 g/mol. The zero-order valence-corrected chi connectivity index (χ0v) is 11.1. The Balaban J connectivity index is 2.63. The van der Waals surface area contributed by atoms with Crippen molar-refractivity contribution >= 4 is 40.8 Å². The molecule has 0 unspecified atom stereocenters. The smallest absolute Gasteiger partial charge is 0.336 e. The number of aromatic carboxylic acids is 1. The van der Waals surface area contributed by atoms with Crippen molar-refractivity contribution < 1.29 is 9.90 Å². The molecule has 1 aromatic heterocycles. The number of carboxylic acids is 1. The quantitative estimate of drug-likeness (QED) is 0.836. The molecule has 0 aliphatic carbocycles. The van der Waals surface area contributed by atoms with Gasteiger partial charge >= 0.3 is 5.97 Å². The minimum absolute atomic E-state index is 0.0633. The first-order valence-electron chi connectivity index (χ1n) is 4.83. The second kappa shape index (κ2) is 5.14. The van der Waals surface area contributed by atoms with Gasteiger partial charge in [-0.05, 0) is 23.8 Å². The maximum Gasteiger partial charge on any atom is 0.336 e. The Morgan fingerprint density at radius 2 is 1.83 bits per heavy atom. The van der Waals surface area contributed by atoms with E-state index in [1.54, 1.807) is 18.2 Å². The van der Waals surface area contributed by atoms with Crippen LogP contribution in [-0.4, -0.2) is 16.1 Å². The number of benzene rings is 1. The van der Waals surface area contributed by atoms with Crippen molar-refractivity contribution in [2.24, 2.45) is 0 Å². The molecule has 0 bridgehead atoms. The predicted octanol–water partition coefficient (Wildman–Crippen LogP) is 4.41. The normalized spacial score (nSPS) is 10.4. The van der Waals surface area contributed by atoms with Crippen molar-refractivity contribution in [1.29, 1.82) is 0 Å². The Labute approximate surface area is 118 Å². The number of hydrogen-bond acceptors (Lipinski definition) is 2. The molecule has 0 fully saturated rings. The van der Waals surface area contributed by atoms with Gasteiger partial charge in [-0.25, -0.2) is 9.78 Å². The molecule has 18 heavy (non-hydrogen) atoms. The van der Waals surface area contributed by atoms with Crippen molar-refractivity contribution in [1.82, 2.24) is 4.98 Å². The van der Waals surface area contributed by atoms with Crippen molar-refractivity contribution in [2.75, 3.05) is 0 Å². The van der Waals surface area contributed by atoms with Crippen LogP contribution in [0.2, 0.25) is 15.2 Å². The van der Waals surface area contributed by atoms with Gasteiger partial charge in [0.25, 0.3) is 0 Å². The Bertz CT molecular complexity index is 629. The first kappa shape index (κ1) is 13.1. The molecule has 2 rings (SSSR count). The molecule has 0 spiro atoms. The third-order valence-electron chi connectivity index (χ3n) is 2.33. The van der Waals surface area contributed by atoms with Crippen molar-refractivity contribution in [3.05, 3.63) is 51.2 Å². The number of pyridine rings is 1. The maximum atomic E-state index is 11.2. The van der Waals surface area contributed by atoms with Crippen LogP contribution in [0.15, 0.2) is 30.5 Å². The summed E-state index contributed by atoms with van der Waals surface area (Å²) in [7, 11) is 0. The molecule has 0 aliphatic rings. The van der Waals surface area contributed by atoms with Crippen LogP contribution in [0.25, 0.3) is 11.1 Å². The molecular formula is C12H6Cl3NO2. The highest BCUT2D eigenvalue weighted by molar-refractivity contribution is 6.42. The summed E-state index contributed by atoms with van der Waals surface area (Å²) < 4.78 is 0. The fourth-order valence-corrected chi connectivity index (χ4v) is 1.96. The molecule has 0 saturated heterocycles. The topological polar surface area (TPSA) is 50.2 Å². The molecule has 1 heterocycles. The summed E-state index contributed by atoms with van der Waals surface area (Å²) in [5.74, 6) is -1.08. The molecule has 0 amide bonds. The maximum absolute atomic E-state index is 11.2. The lowest BCUT2D eigenvalue weighted by molar-refractivity contribution is 0.0697. The lowest BCUT2D eigenvalue weighted by Crippen LogP contribution is -2.00. The molecule has 2 aromatic rings. The van der Waals surface area contributed by atoms with Crippen molar-refractivity contribution in [2.45, 2.75) is 0 Å². The van der Waals surface area contributed by atoms with Gasteiger partial charge in [0.1, 0.15) is 5.15 Å². The van der Waals surface area contributed by atoms with Crippen LogP contribution in [0.4, 0.5) is 0 Å². The van der Waals surface area contributed by atoms with Gasteiger partial charge in [0.15, 0.2) is 0 Å². The highest BCUT2D eigenvalue weighted by Crippen LogP contribution is 2.30. The Morgan fingerprint density at radius 3 is 2.44 bits per heavy atom. The average Bonchev–Trinajstić information content (AvgIpc) is 2.32. The summed E-state index contributed by atoms with van der Waals surface area (Å²) in [5, 5.41) is 10.0. The Hall–Kier alpha value is -1.29. The lowest BCUT2D eigenvalue weighted by atomic mass is 10.0. The molecule has 1 N–H and O–H groups in total. The average molecular weight is 303 g/mol. The Morgan fingerprint density at radius 1 is 1.11 bits per heavy atom. The SMILES string of the molecule is O=C(O)c1cc(Cl)ncc1-c1ccc(Cl)c(Cl)c1. The Kier molecular flexibility index (Phi) is 3.76. The van der Waals surface area contributed by atoms with Crippen LogP contribution in [0, 0.1) is 0 Å². The third-order valence-corrected chi connectivity index (χ3v) is 3.28. The standard InChI is InChI=1S/C12H6Cl3NO2/c13-9-2-1-6(3-10(9)14)8-5-16-11(15)4-7(8)12(17)18/h1-5H,(H,17,18). The number of carbonyl (C=O) groups is 1. The van der Waals surface area contributed by atoms with E-state index < -0.39 is 5.97 Å². The fourth-order valence-electron chi connectivity index (χ4n) is 1.50. The van der Waals surface area contributed by atoms with E-state index in [1.165, 1.54) is 12.3 Å².